The Bertz CT molecular complexity index is 2600. The summed E-state index contributed by atoms with van der Waals surface area (Å²) in [5.74, 6) is -2.47. The van der Waals surface area contributed by atoms with Crippen molar-refractivity contribution in [1.29, 1.82) is 0 Å². The van der Waals surface area contributed by atoms with Gasteiger partial charge in [-0.15, -0.1) is 0 Å². The minimum atomic E-state index is -1.39. The first-order valence-corrected chi connectivity index (χ1v) is 40.7. The minimum Gasteiger partial charge on any atom is -0.445 e. The largest absolute Gasteiger partial charge is 0.445 e. The highest BCUT2D eigenvalue weighted by Crippen LogP contribution is 2.24. The molecule has 3 fully saturated rings. The molecule has 3 aliphatic rings. The first-order chi connectivity index (χ1) is 56.9. The summed E-state index contributed by atoms with van der Waals surface area (Å²) in [6.07, 6.45) is -8.40. The third kappa shape index (κ3) is 45.7. The Morgan fingerprint density at radius 2 is 0.669 bits per heavy atom. The van der Waals surface area contributed by atoms with E-state index < -0.39 is 129 Å². The van der Waals surface area contributed by atoms with Gasteiger partial charge in [-0.1, -0.05) is 68.9 Å². The second-order valence-corrected chi connectivity index (χ2v) is 28.7. The third-order valence-electron chi connectivity index (χ3n) is 18.6. The summed E-state index contributed by atoms with van der Waals surface area (Å²) in [5.41, 5.74) is 17.2. The minimum absolute atomic E-state index is 0.0339. The Labute approximate surface area is 689 Å². The number of alkyl carbamates (subject to hydrolysis) is 1. The fourth-order valence-electron chi connectivity index (χ4n) is 11.8. The number of aliphatic hydroxyl groups is 9. The highest BCUT2D eigenvalue weighted by molar-refractivity contribution is 5.78. The fraction of sp³-hybridized carbons (Fsp3) is 0.842. The van der Waals surface area contributed by atoms with Crippen molar-refractivity contribution in [3.63, 3.8) is 0 Å². The molecule has 0 saturated carbocycles. The summed E-state index contributed by atoms with van der Waals surface area (Å²) >= 11 is 0. The first kappa shape index (κ1) is 105. The number of rotatable bonds is 70. The van der Waals surface area contributed by atoms with Crippen LogP contribution in [-0.4, -0.2) is 389 Å². The van der Waals surface area contributed by atoms with Crippen LogP contribution in [0.5, 0.6) is 0 Å². The van der Waals surface area contributed by atoms with E-state index in [4.69, 9.17) is 102 Å². The average Bonchev–Trinajstić information content (AvgIpc) is 0.828. The summed E-state index contributed by atoms with van der Waals surface area (Å²) in [7, 11) is 0. The molecule has 0 bridgehead atoms. The molecule has 1 aromatic carbocycles. The molecule has 684 valence electrons. The van der Waals surface area contributed by atoms with Gasteiger partial charge in [0.1, 0.15) is 67.1 Å². The molecule has 21 N–H and O–H groups in total. The van der Waals surface area contributed by atoms with Crippen LogP contribution in [0.25, 0.3) is 0 Å². The number of nitrogens with one attached hydrogen (secondary N) is 6. The predicted molar refractivity (Wildman–Crippen MR) is 416 cm³/mol. The van der Waals surface area contributed by atoms with E-state index in [1.165, 1.54) is 0 Å². The van der Waals surface area contributed by atoms with Crippen LogP contribution in [0.1, 0.15) is 103 Å². The molecular formula is C76H137N9O33. The molecule has 3 saturated heterocycles. The van der Waals surface area contributed by atoms with Crippen LogP contribution < -0.4 is 49.1 Å². The highest BCUT2D eigenvalue weighted by Gasteiger charge is 2.46. The number of hydrogen-bond acceptors (Lipinski definition) is 36. The molecule has 0 aromatic heterocycles. The second-order valence-electron chi connectivity index (χ2n) is 28.7. The maximum absolute atomic E-state index is 14.0. The first-order valence-electron chi connectivity index (χ1n) is 40.7. The molecule has 1 aromatic rings. The Morgan fingerprint density at radius 1 is 0.364 bits per heavy atom. The smallest absolute Gasteiger partial charge is 0.407 e. The van der Waals surface area contributed by atoms with Gasteiger partial charge in [0, 0.05) is 64.8 Å². The Morgan fingerprint density at radius 3 is 1.03 bits per heavy atom. The molecule has 3 aliphatic heterocycles. The number of aliphatic hydroxyl groups excluding tert-OH is 9. The molecule has 0 aliphatic carbocycles. The van der Waals surface area contributed by atoms with Crippen LogP contribution in [-0.2, 0) is 116 Å². The summed E-state index contributed by atoms with van der Waals surface area (Å²) in [4.78, 5) is 77.7. The van der Waals surface area contributed by atoms with Crippen molar-refractivity contribution in [2.45, 2.75) is 207 Å². The van der Waals surface area contributed by atoms with Gasteiger partial charge in [0.2, 0.25) is 29.5 Å². The lowest BCUT2D eigenvalue weighted by molar-refractivity contribution is -0.267. The molecule has 15 unspecified atom stereocenters. The lowest BCUT2D eigenvalue weighted by Gasteiger charge is -2.40. The quantitative estimate of drug-likeness (QED) is 0.0214. The summed E-state index contributed by atoms with van der Waals surface area (Å²) in [5, 5.41) is 106. The van der Waals surface area contributed by atoms with E-state index in [1.54, 1.807) is 13.8 Å². The van der Waals surface area contributed by atoms with E-state index in [0.717, 1.165) is 44.1 Å². The summed E-state index contributed by atoms with van der Waals surface area (Å²) in [6, 6.07) is 6.19. The maximum Gasteiger partial charge on any atom is 0.407 e. The molecule has 118 heavy (non-hydrogen) atoms. The SMILES string of the molecule is CC(C)(OCCNC(=O)CCCCCCCCCCC(=O)NC(COCCC(=O)NCCOCCOCCOC1OC(CO)C(O)C(O)C1N)(COCCC(=O)NCCOCCOCCOC1OC(CO)C(O)C(O)C1N)COCCC(=O)NCCOCCOCCOC1OC(CO)C(O)C(O)C1N)OCCNC(=O)OCc1ccccc1. The van der Waals surface area contributed by atoms with E-state index in [9.17, 15) is 74.7 Å². The van der Waals surface area contributed by atoms with Gasteiger partial charge in [-0.25, -0.2) is 4.79 Å². The van der Waals surface area contributed by atoms with E-state index in [2.05, 4.69) is 31.9 Å². The second kappa shape index (κ2) is 63.6. The molecular weight excluding hydrogens is 1570 g/mol. The number of unbranched alkanes of at least 4 members (excludes halogenated alkanes) is 7. The lowest BCUT2D eigenvalue weighted by atomic mass is 9.98. The molecule has 0 spiro atoms. The predicted octanol–water partition coefficient (Wildman–Crippen LogP) is -5.43. The molecule has 15 atom stereocenters. The number of carbonyl (C=O) groups excluding carboxylic acids is 6. The Balaban J connectivity index is 1.23. The zero-order chi connectivity index (χ0) is 86.0. The van der Waals surface area contributed by atoms with Crippen molar-refractivity contribution in [3.05, 3.63) is 35.9 Å². The molecule has 3 heterocycles. The van der Waals surface area contributed by atoms with Crippen molar-refractivity contribution < 1.29 is 160 Å². The standard InChI is InChI=1S/C76H137N9O33/c1-75(2,115-33-25-84-74(100)113-49-53-14-10-9-11-15-53)114-32-24-83-57(89)16-12-7-5-3-4-6-8-13-17-61(93)85-76(50-107-26-18-58(90)80-21-29-101-34-37-104-40-43-110-71-62(77)68(97)65(94)54(46-86)116-71,51-108-27-19-59(91)81-22-30-102-35-38-105-41-44-111-72-63(78)69(98)66(95)55(47-87)117-72)52-109-28-20-60(92)82-23-31-103-36-39-106-42-45-112-73-64(79)70(99)67(96)56(48-88)118-73/h9-11,14-15,54-56,62-73,86-88,94-99H,3-8,12-13,16-52,77-79H2,1-2H3,(H,80,90)(H,81,91)(H,82,92)(H,83,89)(H,84,100)(H,85,93). The fourth-order valence-corrected chi connectivity index (χ4v) is 11.8. The Kier molecular flexibility index (Phi) is 56.6. The molecule has 4 rings (SSSR count). The van der Waals surface area contributed by atoms with Crippen LogP contribution >= 0.6 is 0 Å². The maximum atomic E-state index is 14.0. The van der Waals surface area contributed by atoms with Gasteiger partial charge in [0.05, 0.1) is 190 Å². The van der Waals surface area contributed by atoms with E-state index in [0.29, 0.717) is 25.8 Å². The van der Waals surface area contributed by atoms with Crippen LogP contribution in [0.4, 0.5) is 4.79 Å². The number of hydrogen-bond donors (Lipinski definition) is 18. The van der Waals surface area contributed by atoms with Gasteiger partial charge in [-0.3, -0.25) is 24.0 Å². The normalized spacial score (nSPS) is 23.9. The van der Waals surface area contributed by atoms with Crippen LogP contribution in [0, 0.1) is 0 Å². The lowest BCUT2D eigenvalue weighted by Crippen LogP contribution is -2.62. The van der Waals surface area contributed by atoms with Crippen molar-refractivity contribution >= 4 is 35.6 Å². The zero-order valence-corrected chi connectivity index (χ0v) is 68.4. The van der Waals surface area contributed by atoms with Crippen LogP contribution in [0.3, 0.4) is 0 Å². The number of nitrogens with two attached hydrogens (primary N) is 3. The van der Waals surface area contributed by atoms with Gasteiger partial charge in [-0.2, -0.15) is 0 Å². The Hall–Kier alpha value is -5.32. The van der Waals surface area contributed by atoms with Crippen molar-refractivity contribution in [1.82, 2.24) is 31.9 Å². The van der Waals surface area contributed by atoms with Crippen molar-refractivity contribution in [2.24, 2.45) is 17.2 Å². The van der Waals surface area contributed by atoms with Gasteiger partial charge < -0.3 is 180 Å². The highest BCUT2D eigenvalue weighted by atomic mass is 16.7. The van der Waals surface area contributed by atoms with Gasteiger partial charge in [-0.05, 0) is 32.3 Å². The number of benzene rings is 1. The average molecular weight is 1700 g/mol. The van der Waals surface area contributed by atoms with Gasteiger partial charge in [0.25, 0.3) is 0 Å². The van der Waals surface area contributed by atoms with E-state index >= 15 is 0 Å². The molecule has 0 radical (unpaired) electrons. The van der Waals surface area contributed by atoms with E-state index in [-0.39, 0.29) is 240 Å². The van der Waals surface area contributed by atoms with Crippen molar-refractivity contribution in [3.8, 4) is 0 Å². The van der Waals surface area contributed by atoms with Gasteiger partial charge in [0.15, 0.2) is 24.7 Å². The number of carbonyl (C=O) groups is 6. The van der Waals surface area contributed by atoms with E-state index in [1.807, 2.05) is 30.3 Å². The topological polar surface area (TPSA) is 601 Å². The molecule has 6 amide bonds. The number of amides is 6. The van der Waals surface area contributed by atoms with Crippen LogP contribution in [0.2, 0.25) is 0 Å². The summed E-state index contributed by atoms with van der Waals surface area (Å²) < 4.78 is 101. The number of ether oxygens (including phenoxy) is 18. The third-order valence-corrected chi connectivity index (χ3v) is 18.6. The van der Waals surface area contributed by atoms with Gasteiger partial charge >= 0.3 is 6.09 Å². The molecule has 42 heteroatoms. The van der Waals surface area contributed by atoms with Crippen LogP contribution in [0.15, 0.2) is 30.3 Å². The molecule has 42 nitrogen and oxygen atoms in total. The zero-order valence-electron chi connectivity index (χ0n) is 68.4. The monoisotopic (exact) mass is 1700 g/mol. The van der Waals surface area contributed by atoms with Crippen molar-refractivity contribution in [2.75, 3.05) is 205 Å². The summed E-state index contributed by atoms with van der Waals surface area (Å²) in [6.45, 7) is 4.45.